The van der Waals surface area contributed by atoms with Crippen LogP contribution in [0.2, 0.25) is 0 Å². The first kappa shape index (κ1) is 17.2. The first-order valence-electron chi connectivity index (χ1n) is 7.81. The van der Waals surface area contributed by atoms with Gasteiger partial charge in [-0.2, -0.15) is 0 Å². The summed E-state index contributed by atoms with van der Waals surface area (Å²) < 4.78 is 0. The number of amidine groups is 1. The van der Waals surface area contributed by atoms with E-state index in [1.807, 2.05) is 44.2 Å². The highest BCUT2D eigenvalue weighted by Crippen LogP contribution is 2.06. The van der Waals surface area contributed by atoms with Crippen molar-refractivity contribution >= 4 is 17.6 Å². The first-order valence-corrected chi connectivity index (χ1v) is 7.81. The SMILES string of the molecule is CCCCCCC(=NC(C)C)NC(=O)Nc1ccccc1. The van der Waals surface area contributed by atoms with Crippen molar-refractivity contribution in [3.05, 3.63) is 30.3 Å². The summed E-state index contributed by atoms with van der Waals surface area (Å²) >= 11 is 0. The lowest BCUT2D eigenvalue weighted by molar-refractivity contribution is 0.256. The molecule has 0 unspecified atom stereocenters. The molecule has 0 saturated carbocycles. The van der Waals surface area contributed by atoms with Crippen molar-refractivity contribution in [2.45, 2.75) is 58.9 Å². The Morgan fingerprint density at radius 2 is 1.86 bits per heavy atom. The van der Waals surface area contributed by atoms with Crippen LogP contribution >= 0.6 is 0 Å². The van der Waals surface area contributed by atoms with Crippen molar-refractivity contribution in [3.63, 3.8) is 0 Å². The second-order valence-corrected chi connectivity index (χ2v) is 5.43. The van der Waals surface area contributed by atoms with Crippen LogP contribution in [0.5, 0.6) is 0 Å². The third-order valence-corrected chi connectivity index (χ3v) is 2.97. The van der Waals surface area contributed by atoms with Gasteiger partial charge in [0, 0.05) is 18.2 Å². The molecule has 0 aliphatic heterocycles. The minimum atomic E-state index is -0.226. The Morgan fingerprint density at radius 1 is 1.14 bits per heavy atom. The van der Waals surface area contributed by atoms with E-state index in [2.05, 4.69) is 22.5 Å². The monoisotopic (exact) mass is 289 g/mol. The van der Waals surface area contributed by atoms with E-state index in [0.29, 0.717) is 0 Å². The highest BCUT2D eigenvalue weighted by atomic mass is 16.2. The summed E-state index contributed by atoms with van der Waals surface area (Å²) in [4.78, 5) is 16.5. The third kappa shape index (κ3) is 8.12. The van der Waals surface area contributed by atoms with Crippen LogP contribution in [0.1, 0.15) is 52.9 Å². The normalized spacial score (nSPS) is 11.5. The molecule has 0 aromatic heterocycles. The molecule has 0 atom stereocenters. The van der Waals surface area contributed by atoms with Crippen LogP contribution in [0.3, 0.4) is 0 Å². The van der Waals surface area contributed by atoms with Crippen molar-refractivity contribution < 1.29 is 4.79 Å². The number of amides is 2. The Hall–Kier alpha value is -1.84. The minimum Gasteiger partial charge on any atom is -0.308 e. The summed E-state index contributed by atoms with van der Waals surface area (Å²) in [5.41, 5.74) is 0.782. The fraction of sp³-hybridized carbons (Fsp3) is 0.529. The van der Waals surface area contributed by atoms with Crippen LogP contribution in [-0.4, -0.2) is 17.9 Å². The molecule has 0 bridgehead atoms. The van der Waals surface area contributed by atoms with E-state index in [1.165, 1.54) is 19.3 Å². The number of hydrogen-bond acceptors (Lipinski definition) is 2. The van der Waals surface area contributed by atoms with Gasteiger partial charge >= 0.3 is 6.03 Å². The van der Waals surface area contributed by atoms with Crippen molar-refractivity contribution in [2.75, 3.05) is 5.32 Å². The van der Waals surface area contributed by atoms with Gasteiger partial charge in [0.1, 0.15) is 5.84 Å². The molecule has 4 heteroatoms. The third-order valence-electron chi connectivity index (χ3n) is 2.97. The highest BCUT2D eigenvalue weighted by Gasteiger charge is 2.07. The zero-order valence-corrected chi connectivity index (χ0v) is 13.4. The van der Waals surface area contributed by atoms with Crippen molar-refractivity contribution in [2.24, 2.45) is 4.99 Å². The van der Waals surface area contributed by atoms with Gasteiger partial charge in [-0.1, -0.05) is 44.4 Å². The Kier molecular flexibility index (Phi) is 8.17. The van der Waals surface area contributed by atoms with Gasteiger partial charge < -0.3 is 5.32 Å². The van der Waals surface area contributed by atoms with Gasteiger partial charge in [0.2, 0.25) is 0 Å². The maximum absolute atomic E-state index is 12.0. The Balaban J connectivity index is 2.49. The number of benzene rings is 1. The summed E-state index contributed by atoms with van der Waals surface area (Å²) in [7, 11) is 0. The fourth-order valence-electron chi connectivity index (χ4n) is 2.01. The zero-order valence-electron chi connectivity index (χ0n) is 13.4. The van der Waals surface area contributed by atoms with Crippen LogP contribution < -0.4 is 10.6 Å². The predicted octanol–water partition coefficient (Wildman–Crippen LogP) is 4.59. The van der Waals surface area contributed by atoms with E-state index in [9.17, 15) is 4.79 Å². The Morgan fingerprint density at radius 3 is 2.48 bits per heavy atom. The number of urea groups is 1. The minimum absolute atomic E-state index is 0.184. The molecule has 2 amide bonds. The maximum Gasteiger partial charge on any atom is 0.324 e. The van der Waals surface area contributed by atoms with Crippen LogP contribution in [0.15, 0.2) is 35.3 Å². The van der Waals surface area contributed by atoms with Gasteiger partial charge in [-0.3, -0.25) is 10.3 Å². The second kappa shape index (κ2) is 9.97. The molecule has 0 fully saturated rings. The van der Waals surface area contributed by atoms with Crippen molar-refractivity contribution in [3.8, 4) is 0 Å². The lowest BCUT2D eigenvalue weighted by Gasteiger charge is -2.11. The molecule has 0 spiro atoms. The van der Waals surface area contributed by atoms with Gasteiger partial charge in [0.05, 0.1) is 0 Å². The van der Waals surface area contributed by atoms with Crippen LogP contribution in [-0.2, 0) is 0 Å². The molecule has 1 rings (SSSR count). The van der Waals surface area contributed by atoms with E-state index in [4.69, 9.17) is 0 Å². The number of carbonyl (C=O) groups excluding carboxylic acids is 1. The average Bonchev–Trinajstić information content (AvgIpc) is 2.43. The molecule has 1 aromatic rings. The van der Waals surface area contributed by atoms with E-state index in [1.54, 1.807) is 0 Å². The summed E-state index contributed by atoms with van der Waals surface area (Å²) in [6.07, 6.45) is 5.49. The number of para-hydroxylation sites is 1. The number of unbranched alkanes of at least 4 members (excludes halogenated alkanes) is 3. The fourth-order valence-corrected chi connectivity index (χ4v) is 2.01. The highest BCUT2D eigenvalue weighted by molar-refractivity contribution is 6.03. The largest absolute Gasteiger partial charge is 0.324 e. The molecule has 0 radical (unpaired) electrons. The summed E-state index contributed by atoms with van der Waals surface area (Å²) in [6.45, 7) is 6.22. The molecule has 0 saturated heterocycles. The Labute approximate surface area is 128 Å². The average molecular weight is 289 g/mol. The lowest BCUT2D eigenvalue weighted by Crippen LogP contribution is -2.35. The molecule has 21 heavy (non-hydrogen) atoms. The molecule has 2 N–H and O–H groups in total. The topological polar surface area (TPSA) is 53.5 Å². The number of nitrogens with zero attached hydrogens (tertiary/aromatic N) is 1. The molecule has 0 heterocycles. The molecule has 1 aromatic carbocycles. The quantitative estimate of drug-likeness (QED) is 0.430. The van der Waals surface area contributed by atoms with Gasteiger partial charge in [-0.25, -0.2) is 4.79 Å². The number of aliphatic imine (C=N–C) groups is 1. The summed E-state index contributed by atoms with van der Waals surface area (Å²) in [5, 5.41) is 5.69. The number of rotatable bonds is 7. The Bertz CT molecular complexity index is 441. The standard InChI is InChI=1S/C17H27N3O/c1-4-5-6-10-13-16(18-14(2)3)20-17(21)19-15-11-8-7-9-12-15/h7-9,11-12,14H,4-6,10,13H2,1-3H3,(H2,18,19,20,21). The van der Waals surface area contributed by atoms with Crippen LogP contribution in [0, 0.1) is 0 Å². The van der Waals surface area contributed by atoms with Gasteiger partial charge in [0.15, 0.2) is 0 Å². The summed E-state index contributed by atoms with van der Waals surface area (Å²) in [6, 6.07) is 9.38. The first-order chi connectivity index (χ1) is 10.1. The number of anilines is 1. The molecule has 4 nitrogen and oxygen atoms in total. The zero-order chi connectivity index (χ0) is 15.5. The molecule has 0 aliphatic rings. The van der Waals surface area contributed by atoms with Gasteiger partial charge in [0.25, 0.3) is 0 Å². The molecule has 116 valence electrons. The van der Waals surface area contributed by atoms with E-state index < -0.39 is 0 Å². The lowest BCUT2D eigenvalue weighted by atomic mass is 10.1. The smallest absolute Gasteiger partial charge is 0.308 e. The number of carbonyl (C=O) groups is 1. The van der Waals surface area contributed by atoms with Gasteiger partial charge in [-0.05, 0) is 32.4 Å². The van der Waals surface area contributed by atoms with Crippen LogP contribution in [0.4, 0.5) is 10.5 Å². The predicted molar refractivity (Wildman–Crippen MR) is 89.9 cm³/mol. The van der Waals surface area contributed by atoms with Crippen molar-refractivity contribution in [1.29, 1.82) is 0 Å². The molecule has 0 aliphatic carbocycles. The van der Waals surface area contributed by atoms with Gasteiger partial charge in [-0.15, -0.1) is 0 Å². The number of hydrogen-bond donors (Lipinski definition) is 2. The number of nitrogens with one attached hydrogen (secondary N) is 2. The van der Waals surface area contributed by atoms with E-state index in [0.717, 1.165) is 24.4 Å². The molecular formula is C17H27N3O. The van der Waals surface area contributed by atoms with Crippen LogP contribution in [0.25, 0.3) is 0 Å². The van der Waals surface area contributed by atoms with E-state index in [-0.39, 0.29) is 12.1 Å². The maximum atomic E-state index is 12.0. The molecular weight excluding hydrogens is 262 g/mol. The second-order valence-electron chi connectivity index (χ2n) is 5.43. The summed E-state index contributed by atoms with van der Waals surface area (Å²) in [5.74, 6) is 0.773. The van der Waals surface area contributed by atoms with E-state index >= 15 is 0 Å². The van der Waals surface area contributed by atoms with Crippen molar-refractivity contribution in [1.82, 2.24) is 5.32 Å².